The van der Waals surface area contributed by atoms with Crippen LogP contribution in [0.3, 0.4) is 0 Å². The number of amides is 2. The molecule has 5 nitrogen and oxygen atoms in total. The van der Waals surface area contributed by atoms with E-state index in [4.69, 9.17) is 4.74 Å². The van der Waals surface area contributed by atoms with Gasteiger partial charge in [-0.3, -0.25) is 9.59 Å². The Balaban J connectivity index is 1.33. The van der Waals surface area contributed by atoms with Crippen molar-refractivity contribution in [2.75, 3.05) is 19.7 Å². The molecule has 1 aromatic carbocycles. The summed E-state index contributed by atoms with van der Waals surface area (Å²) in [6.45, 7) is 5.48. The van der Waals surface area contributed by atoms with Crippen LogP contribution in [0.1, 0.15) is 68.9 Å². The average Bonchev–Trinajstić information content (AvgIpc) is 2.73. The first kappa shape index (κ1) is 21.7. The minimum atomic E-state index is 0.0204. The lowest BCUT2D eigenvalue weighted by atomic mass is 9.86. The maximum atomic E-state index is 12.5. The molecular formula is C24H36N2O3. The number of benzene rings is 1. The van der Waals surface area contributed by atoms with Gasteiger partial charge in [-0.05, 0) is 50.7 Å². The van der Waals surface area contributed by atoms with Crippen LogP contribution in [0.15, 0.2) is 18.2 Å². The van der Waals surface area contributed by atoms with E-state index in [1.807, 2.05) is 30.9 Å². The van der Waals surface area contributed by atoms with Crippen molar-refractivity contribution < 1.29 is 14.3 Å². The number of carbonyl (C=O) groups excluding carboxylic acids is 2. The molecule has 3 rings (SSSR count). The van der Waals surface area contributed by atoms with Crippen LogP contribution in [0.4, 0.5) is 0 Å². The van der Waals surface area contributed by atoms with E-state index in [0.717, 1.165) is 36.5 Å². The van der Waals surface area contributed by atoms with Crippen molar-refractivity contribution in [3.8, 4) is 5.75 Å². The minimum Gasteiger partial charge on any atom is -0.484 e. The fraction of sp³-hybridized carbons (Fsp3) is 0.667. The third-order valence-electron chi connectivity index (χ3n) is 6.40. The Morgan fingerprint density at radius 3 is 2.48 bits per heavy atom. The Kier molecular flexibility index (Phi) is 7.96. The highest BCUT2D eigenvalue weighted by Crippen LogP contribution is 2.27. The standard InChI is InChI=1S/C24H36N2O3/c1-18-8-10-22(19(2)16-18)29-17-24(28)26-14-12-21(13-15-26)25-23(27)11-9-20-6-4-3-5-7-20/h8,10,16,20-21H,3-7,9,11-15,17H2,1-2H3,(H,25,27). The normalized spacial score (nSPS) is 18.5. The smallest absolute Gasteiger partial charge is 0.260 e. The maximum Gasteiger partial charge on any atom is 0.260 e. The number of hydrogen-bond donors (Lipinski definition) is 1. The van der Waals surface area contributed by atoms with Gasteiger partial charge in [0.05, 0.1) is 0 Å². The zero-order valence-corrected chi connectivity index (χ0v) is 18.0. The van der Waals surface area contributed by atoms with E-state index in [1.165, 1.54) is 37.7 Å². The summed E-state index contributed by atoms with van der Waals surface area (Å²) in [7, 11) is 0. The number of carbonyl (C=O) groups is 2. The summed E-state index contributed by atoms with van der Waals surface area (Å²) in [5.74, 6) is 1.71. The van der Waals surface area contributed by atoms with Gasteiger partial charge in [-0.1, -0.05) is 49.8 Å². The van der Waals surface area contributed by atoms with E-state index in [0.29, 0.717) is 19.5 Å². The molecule has 2 aliphatic rings. The van der Waals surface area contributed by atoms with Crippen LogP contribution in [0.2, 0.25) is 0 Å². The lowest BCUT2D eigenvalue weighted by Gasteiger charge is -2.32. The van der Waals surface area contributed by atoms with Gasteiger partial charge in [0.2, 0.25) is 5.91 Å². The summed E-state index contributed by atoms with van der Waals surface area (Å²) in [5.41, 5.74) is 2.23. The van der Waals surface area contributed by atoms with Crippen molar-refractivity contribution in [2.24, 2.45) is 5.92 Å². The molecule has 1 aliphatic heterocycles. The lowest BCUT2D eigenvalue weighted by molar-refractivity contribution is -0.134. The monoisotopic (exact) mass is 400 g/mol. The average molecular weight is 401 g/mol. The first-order chi connectivity index (χ1) is 14.0. The van der Waals surface area contributed by atoms with E-state index in [1.54, 1.807) is 0 Å². The van der Waals surface area contributed by atoms with E-state index < -0.39 is 0 Å². The molecule has 1 saturated heterocycles. The minimum absolute atomic E-state index is 0.0204. The number of aryl methyl sites for hydroxylation is 2. The van der Waals surface area contributed by atoms with Gasteiger partial charge in [0.15, 0.2) is 6.61 Å². The number of nitrogens with one attached hydrogen (secondary N) is 1. The van der Waals surface area contributed by atoms with Gasteiger partial charge in [-0.2, -0.15) is 0 Å². The van der Waals surface area contributed by atoms with Crippen LogP contribution in [0, 0.1) is 19.8 Å². The van der Waals surface area contributed by atoms with Crippen LogP contribution in [-0.2, 0) is 9.59 Å². The van der Waals surface area contributed by atoms with Gasteiger partial charge in [0.1, 0.15) is 5.75 Å². The third-order valence-corrected chi connectivity index (χ3v) is 6.40. The van der Waals surface area contributed by atoms with Crippen molar-refractivity contribution >= 4 is 11.8 Å². The molecule has 0 aromatic heterocycles. The van der Waals surface area contributed by atoms with Crippen LogP contribution >= 0.6 is 0 Å². The summed E-state index contributed by atoms with van der Waals surface area (Å²) in [6.07, 6.45) is 9.91. The predicted octanol–water partition coefficient (Wildman–Crippen LogP) is 4.15. The molecule has 1 aliphatic carbocycles. The molecule has 1 N–H and O–H groups in total. The Labute approximate surface area is 175 Å². The lowest BCUT2D eigenvalue weighted by Crippen LogP contribution is -2.47. The van der Waals surface area contributed by atoms with Crippen molar-refractivity contribution in [3.63, 3.8) is 0 Å². The van der Waals surface area contributed by atoms with Crippen LogP contribution < -0.4 is 10.1 Å². The van der Waals surface area contributed by atoms with Crippen molar-refractivity contribution in [1.82, 2.24) is 10.2 Å². The molecule has 0 atom stereocenters. The summed E-state index contributed by atoms with van der Waals surface area (Å²) in [5, 5.41) is 3.18. The quantitative estimate of drug-likeness (QED) is 0.748. The van der Waals surface area contributed by atoms with Gasteiger partial charge in [-0.25, -0.2) is 0 Å². The SMILES string of the molecule is Cc1ccc(OCC(=O)N2CCC(NC(=O)CCC3CCCCC3)CC2)c(C)c1. The van der Waals surface area contributed by atoms with E-state index in [-0.39, 0.29) is 24.5 Å². The zero-order valence-electron chi connectivity index (χ0n) is 18.0. The Morgan fingerprint density at radius 1 is 1.07 bits per heavy atom. The van der Waals surface area contributed by atoms with Gasteiger partial charge < -0.3 is 15.0 Å². The second kappa shape index (κ2) is 10.7. The summed E-state index contributed by atoms with van der Waals surface area (Å²) < 4.78 is 5.73. The number of piperidine rings is 1. The first-order valence-corrected chi connectivity index (χ1v) is 11.3. The van der Waals surface area contributed by atoms with Gasteiger partial charge in [-0.15, -0.1) is 0 Å². The largest absolute Gasteiger partial charge is 0.484 e. The number of rotatable bonds is 7. The molecule has 5 heteroatoms. The molecule has 2 amide bonds. The Bertz CT molecular complexity index is 689. The molecule has 160 valence electrons. The zero-order chi connectivity index (χ0) is 20.6. The summed E-state index contributed by atoms with van der Waals surface area (Å²) >= 11 is 0. The molecule has 2 fully saturated rings. The van der Waals surface area contributed by atoms with Crippen LogP contribution in [0.5, 0.6) is 5.75 Å². The van der Waals surface area contributed by atoms with Crippen molar-refractivity contribution in [3.05, 3.63) is 29.3 Å². The predicted molar refractivity (Wildman–Crippen MR) is 115 cm³/mol. The third kappa shape index (κ3) is 6.76. The summed E-state index contributed by atoms with van der Waals surface area (Å²) in [4.78, 5) is 26.6. The molecule has 0 bridgehead atoms. The highest BCUT2D eigenvalue weighted by atomic mass is 16.5. The van der Waals surface area contributed by atoms with E-state index in [2.05, 4.69) is 11.4 Å². The number of ether oxygens (including phenoxy) is 1. The van der Waals surface area contributed by atoms with Gasteiger partial charge >= 0.3 is 0 Å². The Hall–Kier alpha value is -2.04. The molecule has 1 saturated carbocycles. The number of hydrogen-bond acceptors (Lipinski definition) is 3. The molecule has 0 spiro atoms. The van der Waals surface area contributed by atoms with E-state index >= 15 is 0 Å². The molecule has 1 aromatic rings. The van der Waals surface area contributed by atoms with Gasteiger partial charge in [0.25, 0.3) is 5.91 Å². The topological polar surface area (TPSA) is 58.6 Å². The van der Waals surface area contributed by atoms with Crippen molar-refractivity contribution in [2.45, 2.75) is 77.7 Å². The molecule has 0 radical (unpaired) electrons. The number of nitrogens with zero attached hydrogens (tertiary/aromatic N) is 1. The molecular weight excluding hydrogens is 364 g/mol. The highest BCUT2D eigenvalue weighted by molar-refractivity contribution is 5.78. The van der Waals surface area contributed by atoms with Crippen molar-refractivity contribution in [1.29, 1.82) is 0 Å². The molecule has 0 unspecified atom stereocenters. The second-order valence-corrected chi connectivity index (χ2v) is 8.82. The highest BCUT2D eigenvalue weighted by Gasteiger charge is 2.24. The number of likely N-dealkylation sites (tertiary alicyclic amines) is 1. The van der Waals surface area contributed by atoms with E-state index in [9.17, 15) is 9.59 Å². The van der Waals surface area contributed by atoms with Crippen LogP contribution in [0.25, 0.3) is 0 Å². The first-order valence-electron chi connectivity index (χ1n) is 11.3. The van der Waals surface area contributed by atoms with Gasteiger partial charge in [0, 0.05) is 25.6 Å². The maximum absolute atomic E-state index is 12.5. The molecule has 29 heavy (non-hydrogen) atoms. The fourth-order valence-corrected chi connectivity index (χ4v) is 4.58. The second-order valence-electron chi connectivity index (χ2n) is 8.82. The fourth-order valence-electron chi connectivity index (χ4n) is 4.58. The van der Waals surface area contributed by atoms with Crippen LogP contribution in [-0.4, -0.2) is 42.5 Å². The Morgan fingerprint density at radius 2 is 1.79 bits per heavy atom. The summed E-state index contributed by atoms with van der Waals surface area (Å²) in [6, 6.07) is 6.17. The molecule has 1 heterocycles.